The topological polar surface area (TPSA) is 147 Å². The first-order chi connectivity index (χ1) is 33.2. The minimum Gasteiger partial charge on any atom is -0.345 e. The average Bonchev–Trinajstić information content (AvgIpc) is 3.96. The lowest BCUT2D eigenvalue weighted by molar-refractivity contribution is 0.256. The molecule has 374 valence electrons. The van der Waals surface area contributed by atoms with E-state index < -0.39 is 20.0 Å². The van der Waals surface area contributed by atoms with E-state index >= 15 is 0 Å². The number of hydrogen-bond donors (Lipinski definition) is 1. The predicted octanol–water partition coefficient (Wildman–Crippen LogP) is 11.7. The number of nitrogens with zero attached hydrogens (tertiary/aromatic N) is 7. The quantitative estimate of drug-likeness (QED) is 0.143. The number of pyridine rings is 2. The molecule has 2 unspecified atom stereocenters. The Hall–Kier alpha value is -5.48. The highest BCUT2D eigenvalue weighted by Gasteiger charge is 2.37. The lowest BCUT2D eigenvalue weighted by atomic mass is 9.76. The molecule has 6 heterocycles. The molecule has 10 rings (SSSR count). The Morgan fingerprint density at radius 3 is 1.58 bits per heavy atom. The van der Waals surface area contributed by atoms with E-state index in [4.69, 9.17) is 33.2 Å². The Morgan fingerprint density at radius 1 is 0.676 bits per heavy atom. The first-order valence-electron chi connectivity index (χ1n) is 23.3. The minimum atomic E-state index is -3.18. The van der Waals surface area contributed by atoms with Crippen LogP contribution in [0.2, 0.25) is 10.0 Å². The molecule has 2 aliphatic carbocycles. The number of hydrogen-bond acceptors (Lipinski definition) is 8. The summed E-state index contributed by atoms with van der Waals surface area (Å²) in [6, 6.07) is 20.4. The van der Waals surface area contributed by atoms with E-state index in [-0.39, 0.29) is 26.7 Å². The van der Waals surface area contributed by atoms with Crippen molar-refractivity contribution in [1.29, 1.82) is 0 Å². The summed E-state index contributed by atoms with van der Waals surface area (Å²) in [6.07, 6.45) is 31.0. The average molecular weight is 1040 g/mol. The standard InChI is InChI=1S/C27H29ClN4O2S.C26H27ClN4O2S.2CH4/c1-31-17-23(30-18-31)6-3-5-20-15-21-16-22(28)8-9-24(21)26(27-25(20)7-4-12-29-27)19-10-13-32(14-11-19)35(2,33)34;1-34(32,33)31-12-9-18(10-13-31)25-23-8-7-21(27)15-20(23)14-19(24-6-3-11-29-26(24)25)4-2-5-22-16-28-17-30-22;;/h3-4,6-9,12,15-19,26H,5,10-11,13-14H2,1-2H3;2-3,5-8,11,14-18,25H,4,9-10,12-13H2,1H3,(H,28,30);2*1H4/b6-3+;5-2+;;. The van der Waals surface area contributed by atoms with Gasteiger partial charge in [0.1, 0.15) is 0 Å². The van der Waals surface area contributed by atoms with Crippen molar-refractivity contribution in [2.24, 2.45) is 18.9 Å². The van der Waals surface area contributed by atoms with Crippen LogP contribution in [0, 0.1) is 11.8 Å². The molecular formula is C55H64Cl2N8O4S2. The Balaban J connectivity index is 0.000000203. The van der Waals surface area contributed by atoms with Gasteiger partial charge in [-0.15, -0.1) is 0 Å². The second-order valence-corrected chi connectivity index (χ2v) is 23.2. The number of imidazole rings is 2. The fourth-order valence-corrected chi connectivity index (χ4v) is 12.6. The van der Waals surface area contributed by atoms with E-state index in [1.165, 1.54) is 34.8 Å². The predicted molar refractivity (Wildman–Crippen MR) is 292 cm³/mol. The fraction of sp³-hybridized carbons (Fsp3) is 0.345. The zero-order valence-electron chi connectivity index (χ0n) is 38.9. The van der Waals surface area contributed by atoms with Gasteiger partial charge in [-0.1, -0.05) is 86.6 Å². The SMILES string of the molecule is C.C.CS(=O)(=O)N1CCC(C2c3ccc(Cl)cc3C=C(C/C=C/c3cnc[nH]3)c3cccnc32)CC1.Cn1cnc(/C=C/CC2=Cc3cc(Cl)ccc3C(C3CCN(S(C)(=O)=O)CC3)c3ncccc32)c1. The number of fused-ring (bicyclic) bond motifs is 4. The highest BCUT2D eigenvalue weighted by molar-refractivity contribution is 7.88. The zero-order chi connectivity index (χ0) is 48.3. The molecular weight excluding hydrogens is 972 g/mol. The highest BCUT2D eigenvalue weighted by Crippen LogP contribution is 2.47. The molecule has 0 saturated carbocycles. The van der Waals surface area contributed by atoms with Gasteiger partial charge in [0, 0.05) is 84.8 Å². The third kappa shape index (κ3) is 12.4. The molecule has 0 radical (unpaired) electrons. The number of halogens is 2. The van der Waals surface area contributed by atoms with Crippen LogP contribution in [0.15, 0.2) is 110 Å². The van der Waals surface area contributed by atoms with Crippen molar-refractivity contribution in [1.82, 2.24) is 38.1 Å². The Morgan fingerprint density at radius 2 is 1.15 bits per heavy atom. The summed E-state index contributed by atoms with van der Waals surface area (Å²) in [4.78, 5) is 21.3. The molecule has 0 spiro atoms. The van der Waals surface area contributed by atoms with Gasteiger partial charge in [0.2, 0.25) is 20.0 Å². The van der Waals surface area contributed by atoms with Gasteiger partial charge in [0.05, 0.1) is 54.1 Å². The molecule has 0 amide bonds. The van der Waals surface area contributed by atoms with E-state index in [1.54, 1.807) is 27.5 Å². The minimum absolute atomic E-state index is 0. The van der Waals surface area contributed by atoms with E-state index in [0.29, 0.717) is 48.1 Å². The van der Waals surface area contributed by atoms with Gasteiger partial charge in [-0.05, 0) is 132 Å². The molecule has 2 atom stereocenters. The Labute approximate surface area is 430 Å². The van der Waals surface area contributed by atoms with Crippen molar-refractivity contribution < 1.29 is 16.8 Å². The van der Waals surface area contributed by atoms with Crippen LogP contribution in [-0.2, 0) is 27.1 Å². The first-order valence-corrected chi connectivity index (χ1v) is 27.7. The summed E-state index contributed by atoms with van der Waals surface area (Å²) in [6.45, 7) is 2.16. The molecule has 4 aliphatic rings. The monoisotopic (exact) mass is 1030 g/mol. The molecule has 2 fully saturated rings. The normalized spacial score (nSPS) is 18.8. The van der Waals surface area contributed by atoms with Crippen LogP contribution in [0.5, 0.6) is 0 Å². The van der Waals surface area contributed by atoms with Crippen molar-refractivity contribution in [3.8, 4) is 0 Å². The Bertz CT molecular complexity index is 3170. The number of allylic oxidation sites excluding steroid dienone is 4. The molecule has 6 aromatic rings. The van der Waals surface area contributed by atoms with Crippen LogP contribution < -0.4 is 0 Å². The molecule has 2 saturated heterocycles. The van der Waals surface area contributed by atoms with Crippen LogP contribution in [-0.4, -0.2) is 93.6 Å². The van der Waals surface area contributed by atoms with E-state index in [9.17, 15) is 16.8 Å². The van der Waals surface area contributed by atoms with Gasteiger partial charge in [-0.25, -0.2) is 35.4 Å². The van der Waals surface area contributed by atoms with Crippen molar-refractivity contribution in [3.63, 3.8) is 0 Å². The number of aryl methyl sites for hydroxylation is 1. The molecule has 2 aliphatic heterocycles. The van der Waals surface area contributed by atoms with E-state index in [2.05, 4.69) is 63.5 Å². The van der Waals surface area contributed by atoms with Crippen LogP contribution >= 0.6 is 23.2 Å². The third-order valence-electron chi connectivity index (χ3n) is 13.8. The molecule has 2 aromatic carbocycles. The highest BCUT2D eigenvalue weighted by atomic mass is 35.5. The summed E-state index contributed by atoms with van der Waals surface area (Å²) in [5.74, 6) is 0.738. The third-order valence-corrected chi connectivity index (χ3v) is 16.8. The van der Waals surface area contributed by atoms with Gasteiger partial charge >= 0.3 is 0 Å². The number of piperidine rings is 2. The number of nitrogens with one attached hydrogen (secondary N) is 1. The van der Waals surface area contributed by atoms with Gasteiger partial charge in [-0.2, -0.15) is 0 Å². The fourth-order valence-electron chi connectivity index (χ4n) is 10.5. The molecule has 12 nitrogen and oxygen atoms in total. The summed E-state index contributed by atoms with van der Waals surface area (Å²) in [5.41, 5.74) is 13.3. The summed E-state index contributed by atoms with van der Waals surface area (Å²) in [5, 5.41) is 1.40. The molecule has 4 aromatic heterocycles. The lowest BCUT2D eigenvalue weighted by Crippen LogP contribution is -2.39. The van der Waals surface area contributed by atoms with Gasteiger partial charge in [0.25, 0.3) is 0 Å². The number of aromatic amines is 1. The second kappa shape index (κ2) is 22.9. The van der Waals surface area contributed by atoms with Crippen LogP contribution in [0.25, 0.3) is 35.5 Å². The largest absolute Gasteiger partial charge is 0.345 e. The van der Waals surface area contributed by atoms with Gasteiger partial charge in [-0.3, -0.25) is 9.97 Å². The number of H-pyrrole nitrogens is 1. The van der Waals surface area contributed by atoms with E-state index in [1.807, 2.05) is 78.8 Å². The number of benzene rings is 2. The van der Waals surface area contributed by atoms with Crippen LogP contribution in [0.4, 0.5) is 0 Å². The smallest absolute Gasteiger partial charge is 0.211 e. The van der Waals surface area contributed by atoms with Crippen molar-refractivity contribution in [2.75, 3.05) is 38.7 Å². The van der Waals surface area contributed by atoms with Gasteiger partial charge in [0.15, 0.2) is 0 Å². The molecule has 1 N–H and O–H groups in total. The number of aromatic nitrogens is 6. The number of rotatable bonds is 10. The van der Waals surface area contributed by atoms with Crippen LogP contribution in [0.1, 0.15) is 121 Å². The first kappa shape index (κ1) is 53.3. The Kier molecular flexibility index (Phi) is 17.2. The maximum absolute atomic E-state index is 12.1. The van der Waals surface area contributed by atoms with Crippen molar-refractivity contribution >= 4 is 78.7 Å². The molecule has 0 bridgehead atoms. The summed E-state index contributed by atoms with van der Waals surface area (Å²) in [7, 11) is -4.40. The molecule has 71 heavy (non-hydrogen) atoms. The summed E-state index contributed by atoms with van der Waals surface area (Å²) >= 11 is 12.9. The second-order valence-electron chi connectivity index (χ2n) is 18.4. The summed E-state index contributed by atoms with van der Waals surface area (Å²) < 4.78 is 53.4. The maximum atomic E-state index is 12.1. The van der Waals surface area contributed by atoms with Gasteiger partial charge < -0.3 is 9.55 Å². The molecule has 16 heteroatoms. The zero-order valence-corrected chi connectivity index (χ0v) is 42.1. The van der Waals surface area contributed by atoms with Crippen molar-refractivity contribution in [2.45, 2.75) is 65.2 Å². The van der Waals surface area contributed by atoms with Crippen molar-refractivity contribution in [3.05, 3.63) is 176 Å². The van der Waals surface area contributed by atoms with Crippen LogP contribution in [0.3, 0.4) is 0 Å². The van der Waals surface area contributed by atoms with E-state index in [0.717, 1.165) is 83.6 Å². The number of sulfonamides is 2. The lowest BCUT2D eigenvalue weighted by Gasteiger charge is -2.35. The maximum Gasteiger partial charge on any atom is 0.211 e.